The summed E-state index contributed by atoms with van der Waals surface area (Å²) in [5, 5.41) is 9.80. The Kier molecular flexibility index (Phi) is 3.69. The lowest BCUT2D eigenvalue weighted by Crippen LogP contribution is -2.18. The van der Waals surface area contributed by atoms with Crippen LogP contribution in [-0.2, 0) is 17.1 Å². The molecule has 1 N–H and O–H groups in total. The maximum atomic E-state index is 12.7. The molecule has 0 amide bonds. The van der Waals surface area contributed by atoms with E-state index in [1.807, 2.05) is 0 Å². The molecule has 0 atom stereocenters. The van der Waals surface area contributed by atoms with E-state index in [-0.39, 0.29) is 16.5 Å². The lowest BCUT2D eigenvalue weighted by atomic mass is 9.94. The molecule has 1 nitrogen and oxygen atoms in total. The van der Waals surface area contributed by atoms with E-state index in [2.05, 4.69) is 15.9 Å². The first kappa shape index (κ1) is 13.5. The molecule has 5 heteroatoms. The molecule has 90 valence electrons. The van der Waals surface area contributed by atoms with Gasteiger partial charge in [0.2, 0.25) is 0 Å². The molecule has 0 bridgehead atoms. The minimum atomic E-state index is -4.40. The highest BCUT2D eigenvalue weighted by Crippen LogP contribution is 2.35. The molecule has 1 rings (SSSR count). The van der Waals surface area contributed by atoms with Crippen molar-refractivity contribution in [1.29, 1.82) is 0 Å². The Hall–Kier alpha value is -0.550. The van der Waals surface area contributed by atoms with Gasteiger partial charge in [-0.15, -0.1) is 0 Å². The van der Waals surface area contributed by atoms with Gasteiger partial charge in [-0.05, 0) is 31.0 Å². The first-order valence-corrected chi connectivity index (χ1v) is 5.77. The van der Waals surface area contributed by atoms with Crippen LogP contribution in [0.4, 0.5) is 13.2 Å². The summed E-state index contributed by atoms with van der Waals surface area (Å²) in [4.78, 5) is 0. The van der Waals surface area contributed by atoms with E-state index in [9.17, 15) is 18.3 Å². The highest BCUT2D eigenvalue weighted by molar-refractivity contribution is 9.08. The average molecular weight is 297 g/mol. The molecule has 0 aliphatic rings. The molecule has 0 spiro atoms. The highest BCUT2D eigenvalue weighted by atomic mass is 79.9. The van der Waals surface area contributed by atoms with Gasteiger partial charge in [0.05, 0.1) is 11.2 Å². The van der Waals surface area contributed by atoms with Gasteiger partial charge in [0.25, 0.3) is 0 Å². The predicted octanol–water partition coefficient (Wildman–Crippen LogP) is 3.83. The van der Waals surface area contributed by atoms with Crippen LogP contribution in [-0.4, -0.2) is 5.11 Å². The smallest absolute Gasteiger partial charge is 0.386 e. The van der Waals surface area contributed by atoms with Crippen LogP contribution in [0.2, 0.25) is 0 Å². The van der Waals surface area contributed by atoms with Crippen molar-refractivity contribution in [2.75, 3.05) is 0 Å². The van der Waals surface area contributed by atoms with E-state index in [1.54, 1.807) is 0 Å². The molecule has 0 aliphatic carbocycles. The number of rotatable bonds is 2. The van der Waals surface area contributed by atoms with Crippen LogP contribution < -0.4 is 0 Å². The van der Waals surface area contributed by atoms with Gasteiger partial charge in [-0.25, -0.2) is 0 Å². The second-order valence-electron chi connectivity index (χ2n) is 4.06. The molecule has 1 aromatic rings. The molecular formula is C11H12BrF3O. The van der Waals surface area contributed by atoms with Gasteiger partial charge in [-0.2, -0.15) is 13.2 Å². The number of benzene rings is 1. The fourth-order valence-electron chi connectivity index (χ4n) is 1.34. The average Bonchev–Trinajstić information content (AvgIpc) is 2.14. The van der Waals surface area contributed by atoms with Crippen molar-refractivity contribution in [3.8, 4) is 0 Å². The van der Waals surface area contributed by atoms with Crippen molar-refractivity contribution in [2.45, 2.75) is 31.0 Å². The monoisotopic (exact) mass is 296 g/mol. The molecule has 0 saturated heterocycles. The number of hydrogen-bond donors (Lipinski definition) is 1. The Morgan fingerprint density at radius 3 is 2.19 bits per heavy atom. The van der Waals surface area contributed by atoms with Crippen LogP contribution in [0.3, 0.4) is 0 Å². The molecule has 16 heavy (non-hydrogen) atoms. The van der Waals surface area contributed by atoms with E-state index in [4.69, 9.17) is 0 Å². The lowest BCUT2D eigenvalue weighted by molar-refractivity contribution is -0.138. The highest BCUT2D eigenvalue weighted by Gasteiger charge is 2.34. The standard InChI is InChI=1S/C11H12BrF3O/c1-10(2,16)8-4-3-7(6-12)9(5-8)11(13,14)15/h3-5,16H,6H2,1-2H3. The van der Waals surface area contributed by atoms with Gasteiger partial charge in [0, 0.05) is 5.33 Å². The van der Waals surface area contributed by atoms with Crippen molar-refractivity contribution in [1.82, 2.24) is 0 Å². The quantitative estimate of drug-likeness (QED) is 0.823. The van der Waals surface area contributed by atoms with Crippen molar-refractivity contribution < 1.29 is 18.3 Å². The van der Waals surface area contributed by atoms with Crippen molar-refractivity contribution >= 4 is 15.9 Å². The molecule has 0 aliphatic heterocycles. The molecular weight excluding hydrogens is 285 g/mol. The zero-order valence-electron chi connectivity index (χ0n) is 8.90. The minimum Gasteiger partial charge on any atom is -0.386 e. The third-order valence-corrected chi connectivity index (χ3v) is 2.87. The van der Waals surface area contributed by atoms with Gasteiger partial charge in [-0.3, -0.25) is 0 Å². The number of hydrogen-bond acceptors (Lipinski definition) is 1. The first-order valence-electron chi connectivity index (χ1n) is 4.65. The van der Waals surface area contributed by atoms with Crippen LogP contribution in [0.1, 0.15) is 30.5 Å². The van der Waals surface area contributed by atoms with E-state index >= 15 is 0 Å². The number of aliphatic hydroxyl groups is 1. The molecule has 1 aromatic carbocycles. The van der Waals surface area contributed by atoms with E-state index in [1.165, 1.54) is 26.0 Å². The number of alkyl halides is 4. The van der Waals surface area contributed by atoms with Crippen molar-refractivity contribution in [3.05, 3.63) is 34.9 Å². The van der Waals surface area contributed by atoms with Gasteiger partial charge in [0.1, 0.15) is 0 Å². The Bertz CT molecular complexity index is 380. The molecule has 0 heterocycles. The number of halogens is 4. The largest absolute Gasteiger partial charge is 0.416 e. The summed E-state index contributed by atoms with van der Waals surface area (Å²) in [5.41, 5.74) is -1.56. The van der Waals surface area contributed by atoms with Gasteiger partial charge >= 0.3 is 6.18 Å². The Balaban J connectivity index is 3.34. The first-order chi connectivity index (χ1) is 7.16. The fourth-order valence-corrected chi connectivity index (χ4v) is 1.83. The zero-order valence-corrected chi connectivity index (χ0v) is 10.5. The molecule has 0 unspecified atom stereocenters. The maximum Gasteiger partial charge on any atom is 0.416 e. The Morgan fingerprint density at radius 2 is 1.81 bits per heavy atom. The summed E-state index contributed by atoms with van der Waals surface area (Å²) >= 11 is 3.01. The van der Waals surface area contributed by atoms with Gasteiger partial charge in [0.15, 0.2) is 0 Å². The normalized spacial score (nSPS) is 12.9. The second-order valence-corrected chi connectivity index (χ2v) is 4.62. The van der Waals surface area contributed by atoms with Crippen LogP contribution >= 0.6 is 15.9 Å². The van der Waals surface area contributed by atoms with Crippen LogP contribution in [0, 0.1) is 0 Å². The summed E-state index contributed by atoms with van der Waals surface area (Å²) in [6, 6.07) is 3.88. The van der Waals surface area contributed by atoms with Crippen LogP contribution in [0.5, 0.6) is 0 Å². The molecule has 0 saturated carbocycles. The van der Waals surface area contributed by atoms with Crippen LogP contribution in [0.25, 0.3) is 0 Å². The Labute approximate surface area is 100 Å². The SMILES string of the molecule is CC(C)(O)c1ccc(CBr)c(C(F)(F)F)c1. The van der Waals surface area contributed by atoms with Gasteiger partial charge in [-0.1, -0.05) is 28.1 Å². The van der Waals surface area contributed by atoms with Crippen molar-refractivity contribution in [2.24, 2.45) is 0 Å². The summed E-state index contributed by atoms with van der Waals surface area (Å²) in [6.45, 7) is 2.91. The molecule has 0 aromatic heterocycles. The van der Waals surface area contributed by atoms with Gasteiger partial charge < -0.3 is 5.11 Å². The Morgan fingerprint density at radius 1 is 1.25 bits per heavy atom. The molecule has 0 fully saturated rings. The third-order valence-electron chi connectivity index (χ3n) is 2.27. The predicted molar refractivity (Wildman–Crippen MR) is 59.3 cm³/mol. The van der Waals surface area contributed by atoms with E-state index in [0.717, 1.165) is 6.07 Å². The van der Waals surface area contributed by atoms with E-state index < -0.39 is 17.3 Å². The minimum absolute atomic E-state index is 0.133. The maximum absolute atomic E-state index is 12.7. The third kappa shape index (κ3) is 2.98. The van der Waals surface area contributed by atoms with Crippen molar-refractivity contribution in [3.63, 3.8) is 0 Å². The zero-order chi connectivity index (χ0) is 12.6. The molecule has 0 radical (unpaired) electrons. The summed E-state index contributed by atoms with van der Waals surface area (Å²) in [7, 11) is 0. The lowest BCUT2D eigenvalue weighted by Gasteiger charge is -2.20. The van der Waals surface area contributed by atoms with E-state index in [0.29, 0.717) is 0 Å². The van der Waals surface area contributed by atoms with Crippen LogP contribution in [0.15, 0.2) is 18.2 Å². The summed E-state index contributed by atoms with van der Waals surface area (Å²) in [5.74, 6) is 0. The summed E-state index contributed by atoms with van der Waals surface area (Å²) in [6.07, 6.45) is -4.40. The summed E-state index contributed by atoms with van der Waals surface area (Å²) < 4.78 is 38.1. The fraction of sp³-hybridized carbons (Fsp3) is 0.455. The second kappa shape index (κ2) is 4.37. The topological polar surface area (TPSA) is 20.2 Å².